The first-order valence-electron chi connectivity index (χ1n) is 11.2. The fraction of sp³-hybridized carbons (Fsp3) is 0.667. The number of allylic oxidation sites excluding steroid dienone is 1. The summed E-state index contributed by atoms with van der Waals surface area (Å²) in [5.74, 6) is -4.00. The number of carbonyl (C=O) groups is 4. The standard InChI is InChI=1S/C24H26O9/c1-10-16(27)17-22(5)13(8-21(4)18(28)32-19(31-10)24(17,21)29)23(9-30-23)12-7-15(26)33-20(2,3)11(12)6-14(22)25/h6-7,10,13,17,19,29H,8-9H2,1-5H3. The van der Waals surface area contributed by atoms with E-state index >= 15 is 0 Å². The van der Waals surface area contributed by atoms with Crippen molar-refractivity contribution in [1.29, 1.82) is 0 Å². The van der Waals surface area contributed by atoms with Crippen LogP contribution in [0.3, 0.4) is 0 Å². The number of ketones is 2. The predicted octanol–water partition coefficient (Wildman–Crippen LogP) is 0.777. The molecule has 33 heavy (non-hydrogen) atoms. The lowest BCUT2D eigenvalue weighted by atomic mass is 9.43. The van der Waals surface area contributed by atoms with Crippen molar-refractivity contribution in [2.45, 2.75) is 70.2 Å². The van der Waals surface area contributed by atoms with Crippen LogP contribution < -0.4 is 0 Å². The van der Waals surface area contributed by atoms with Gasteiger partial charge in [-0.15, -0.1) is 0 Å². The highest BCUT2D eigenvalue weighted by molar-refractivity contribution is 6.05. The molecule has 0 bridgehead atoms. The maximum atomic E-state index is 14.0. The lowest BCUT2D eigenvalue weighted by molar-refractivity contribution is -0.288. The van der Waals surface area contributed by atoms with Gasteiger partial charge in [-0.2, -0.15) is 0 Å². The highest BCUT2D eigenvalue weighted by atomic mass is 16.7. The Morgan fingerprint density at radius 2 is 1.70 bits per heavy atom. The van der Waals surface area contributed by atoms with Crippen LogP contribution in [0.5, 0.6) is 0 Å². The van der Waals surface area contributed by atoms with Crippen LogP contribution in [0.1, 0.15) is 41.0 Å². The van der Waals surface area contributed by atoms with Crippen LogP contribution in [-0.2, 0) is 38.1 Å². The second-order valence-corrected chi connectivity index (χ2v) is 11.1. The molecule has 0 aromatic heterocycles. The number of aliphatic hydroxyl groups is 1. The number of epoxide rings is 1. The van der Waals surface area contributed by atoms with E-state index in [1.807, 2.05) is 0 Å². The fourth-order valence-electron chi connectivity index (χ4n) is 7.18. The topological polar surface area (TPSA) is 129 Å². The van der Waals surface area contributed by atoms with Crippen molar-refractivity contribution in [3.8, 4) is 0 Å². The molecule has 3 saturated heterocycles. The Labute approximate surface area is 190 Å². The SMILES string of the molecule is CC1OC2OC(=O)C3(C)CC4C5(CO5)C5=CC(=O)OC(C)(C)C5=CC(=O)C4(C)C(C1=O)C23O. The minimum absolute atomic E-state index is 0.0243. The zero-order chi connectivity index (χ0) is 23.9. The minimum Gasteiger partial charge on any atom is -0.452 e. The van der Waals surface area contributed by atoms with E-state index in [9.17, 15) is 24.3 Å². The molecular weight excluding hydrogens is 432 g/mol. The van der Waals surface area contributed by atoms with Gasteiger partial charge >= 0.3 is 11.9 Å². The van der Waals surface area contributed by atoms with E-state index in [1.165, 1.54) is 19.1 Å². The van der Waals surface area contributed by atoms with Crippen LogP contribution in [-0.4, -0.2) is 64.4 Å². The molecule has 1 saturated carbocycles. The van der Waals surface area contributed by atoms with Gasteiger partial charge in [-0.3, -0.25) is 14.4 Å². The molecule has 176 valence electrons. The van der Waals surface area contributed by atoms with Crippen LogP contribution in [0.2, 0.25) is 0 Å². The summed E-state index contributed by atoms with van der Waals surface area (Å²) >= 11 is 0. The first-order chi connectivity index (χ1) is 15.2. The van der Waals surface area contributed by atoms with Crippen molar-refractivity contribution in [3.05, 3.63) is 23.3 Å². The van der Waals surface area contributed by atoms with Gasteiger partial charge in [-0.05, 0) is 40.2 Å². The van der Waals surface area contributed by atoms with Gasteiger partial charge in [0.2, 0.25) is 6.29 Å². The van der Waals surface area contributed by atoms with E-state index in [0.29, 0.717) is 11.1 Å². The number of hydrogen-bond donors (Lipinski definition) is 1. The maximum Gasteiger partial charge on any atom is 0.332 e. The number of carbonyl (C=O) groups excluding carboxylic acids is 4. The van der Waals surface area contributed by atoms with E-state index in [-0.39, 0.29) is 18.8 Å². The molecule has 6 rings (SSSR count). The van der Waals surface area contributed by atoms with E-state index in [2.05, 4.69) is 0 Å². The third-order valence-corrected chi connectivity index (χ3v) is 9.13. The van der Waals surface area contributed by atoms with E-state index < -0.39 is 69.6 Å². The van der Waals surface area contributed by atoms with Crippen LogP contribution >= 0.6 is 0 Å². The van der Waals surface area contributed by atoms with Crippen LogP contribution in [0.4, 0.5) is 0 Å². The summed E-state index contributed by atoms with van der Waals surface area (Å²) in [4.78, 5) is 53.2. The fourth-order valence-corrected chi connectivity index (χ4v) is 7.18. The minimum atomic E-state index is -2.02. The molecule has 0 amide bonds. The summed E-state index contributed by atoms with van der Waals surface area (Å²) in [5.41, 5.74) is -6.06. The Bertz CT molecular complexity index is 1130. The lowest BCUT2D eigenvalue weighted by Crippen LogP contribution is -2.74. The van der Waals surface area contributed by atoms with Gasteiger partial charge in [0.05, 0.1) is 12.5 Å². The monoisotopic (exact) mass is 458 g/mol. The van der Waals surface area contributed by atoms with Gasteiger partial charge in [0.25, 0.3) is 0 Å². The first-order valence-corrected chi connectivity index (χ1v) is 11.2. The number of ether oxygens (including phenoxy) is 4. The Kier molecular flexibility index (Phi) is 3.62. The third kappa shape index (κ3) is 2.11. The number of hydrogen-bond acceptors (Lipinski definition) is 9. The number of Topliss-reactive ketones (excluding diaryl/α,β-unsaturated/α-hetero) is 1. The molecule has 4 heterocycles. The highest BCUT2D eigenvalue weighted by Crippen LogP contribution is 2.71. The Morgan fingerprint density at radius 3 is 2.33 bits per heavy atom. The summed E-state index contributed by atoms with van der Waals surface area (Å²) < 4.78 is 22.6. The average molecular weight is 458 g/mol. The summed E-state index contributed by atoms with van der Waals surface area (Å²) in [5, 5.41) is 12.0. The number of fused-ring (bicyclic) bond motifs is 5. The van der Waals surface area contributed by atoms with Crippen molar-refractivity contribution in [2.75, 3.05) is 6.61 Å². The molecule has 6 aliphatic rings. The lowest BCUT2D eigenvalue weighted by Gasteiger charge is -2.59. The Morgan fingerprint density at radius 1 is 1.03 bits per heavy atom. The molecule has 4 aliphatic heterocycles. The second-order valence-electron chi connectivity index (χ2n) is 11.1. The molecule has 2 aliphatic carbocycles. The molecule has 0 aromatic rings. The second kappa shape index (κ2) is 5.64. The Balaban J connectivity index is 1.65. The molecule has 1 spiro atoms. The van der Waals surface area contributed by atoms with Crippen molar-refractivity contribution < 1.29 is 43.2 Å². The normalized spacial score (nSPS) is 51.5. The summed E-state index contributed by atoms with van der Waals surface area (Å²) in [6.07, 6.45) is 0.461. The average Bonchev–Trinajstić information content (AvgIpc) is 3.48. The van der Waals surface area contributed by atoms with E-state index in [0.717, 1.165) is 0 Å². The van der Waals surface area contributed by atoms with Crippen LogP contribution in [0, 0.1) is 22.7 Å². The van der Waals surface area contributed by atoms with Gasteiger partial charge in [-0.25, -0.2) is 4.79 Å². The molecule has 9 nitrogen and oxygen atoms in total. The molecule has 8 atom stereocenters. The molecule has 4 fully saturated rings. The van der Waals surface area contributed by atoms with Crippen molar-refractivity contribution >= 4 is 23.5 Å². The summed E-state index contributed by atoms with van der Waals surface area (Å²) in [7, 11) is 0. The number of rotatable bonds is 0. The van der Waals surface area contributed by atoms with Crippen molar-refractivity contribution in [3.63, 3.8) is 0 Å². The number of esters is 2. The summed E-state index contributed by atoms with van der Waals surface area (Å²) in [6, 6.07) is 0. The highest BCUT2D eigenvalue weighted by Gasteiger charge is 2.83. The van der Waals surface area contributed by atoms with E-state index in [1.54, 1.807) is 27.7 Å². The molecule has 1 N–H and O–H groups in total. The molecule has 0 aromatic carbocycles. The van der Waals surface area contributed by atoms with Crippen LogP contribution in [0.15, 0.2) is 23.3 Å². The Hall–Kier alpha value is -2.36. The zero-order valence-corrected chi connectivity index (χ0v) is 19.1. The third-order valence-electron chi connectivity index (χ3n) is 9.13. The van der Waals surface area contributed by atoms with Gasteiger partial charge in [0.15, 0.2) is 17.2 Å². The number of cyclic esters (lactones) is 1. The molecule has 0 radical (unpaired) electrons. The van der Waals surface area contributed by atoms with Crippen molar-refractivity contribution in [1.82, 2.24) is 0 Å². The first kappa shape index (κ1) is 21.2. The molecule has 9 heteroatoms. The van der Waals surface area contributed by atoms with Gasteiger partial charge < -0.3 is 24.1 Å². The molecular formula is C24H26O9. The van der Waals surface area contributed by atoms with Crippen molar-refractivity contribution in [2.24, 2.45) is 22.7 Å². The maximum absolute atomic E-state index is 14.0. The zero-order valence-electron chi connectivity index (χ0n) is 19.1. The van der Waals surface area contributed by atoms with Gasteiger partial charge in [0, 0.05) is 28.6 Å². The smallest absolute Gasteiger partial charge is 0.332 e. The molecule has 8 unspecified atom stereocenters. The van der Waals surface area contributed by atoms with Gasteiger partial charge in [-0.1, -0.05) is 6.92 Å². The van der Waals surface area contributed by atoms with Crippen LogP contribution in [0.25, 0.3) is 0 Å². The van der Waals surface area contributed by atoms with Gasteiger partial charge in [0.1, 0.15) is 22.7 Å². The predicted molar refractivity (Wildman–Crippen MR) is 108 cm³/mol. The largest absolute Gasteiger partial charge is 0.452 e. The quantitative estimate of drug-likeness (QED) is 0.413. The van der Waals surface area contributed by atoms with E-state index in [4.69, 9.17) is 18.9 Å². The summed E-state index contributed by atoms with van der Waals surface area (Å²) in [6.45, 7) is 8.35.